The molecule has 4 rings (SSSR count). The Balaban J connectivity index is 1.77. The summed E-state index contributed by atoms with van der Waals surface area (Å²) in [7, 11) is 0. The van der Waals surface area contributed by atoms with Gasteiger partial charge in [0.2, 0.25) is 0 Å². The number of alkyl halides is 6. The van der Waals surface area contributed by atoms with E-state index in [1.807, 2.05) is 13.8 Å². The molecule has 0 saturated carbocycles. The summed E-state index contributed by atoms with van der Waals surface area (Å²) in [6.45, 7) is 4.47. The van der Waals surface area contributed by atoms with Gasteiger partial charge in [-0.05, 0) is 48.4 Å². The zero-order valence-corrected chi connectivity index (χ0v) is 19.7. The van der Waals surface area contributed by atoms with Gasteiger partial charge >= 0.3 is 12.4 Å². The standard InChI is InChI=1S/C25H21F6N5O/c1-14(2)12-37-13-16-10-20(35-21-8-5-15(11-33-21)24(26,27)28)17-6-7-19(36-23(17)34-16)22-18(25(29,30)31)4-3-9-32-22/h3-11,14H,12-13H2,1-2H3,(H,33,34,35,36). The van der Waals surface area contributed by atoms with Gasteiger partial charge in [0.05, 0.1) is 34.8 Å². The van der Waals surface area contributed by atoms with Crippen molar-refractivity contribution in [2.45, 2.75) is 32.8 Å². The first-order chi connectivity index (χ1) is 17.4. The molecule has 12 heteroatoms. The average molecular weight is 521 g/mol. The van der Waals surface area contributed by atoms with E-state index in [4.69, 9.17) is 4.74 Å². The Bertz CT molecular complexity index is 1390. The number of pyridine rings is 4. The molecule has 0 radical (unpaired) electrons. The van der Waals surface area contributed by atoms with E-state index in [2.05, 4.69) is 25.3 Å². The lowest BCUT2D eigenvalue weighted by Crippen LogP contribution is -2.09. The molecule has 1 N–H and O–H groups in total. The van der Waals surface area contributed by atoms with Crippen LogP contribution in [0.15, 0.2) is 54.9 Å². The first-order valence-electron chi connectivity index (χ1n) is 11.1. The Hall–Kier alpha value is -3.80. The van der Waals surface area contributed by atoms with Crippen LogP contribution in [0.25, 0.3) is 22.4 Å². The minimum absolute atomic E-state index is 0.0354. The summed E-state index contributed by atoms with van der Waals surface area (Å²) in [5.41, 5.74) is -1.30. The smallest absolute Gasteiger partial charge is 0.375 e. The summed E-state index contributed by atoms with van der Waals surface area (Å²) in [4.78, 5) is 16.5. The third-order valence-electron chi connectivity index (χ3n) is 5.14. The number of nitrogens with zero attached hydrogens (tertiary/aromatic N) is 4. The zero-order valence-electron chi connectivity index (χ0n) is 19.7. The first-order valence-corrected chi connectivity index (χ1v) is 11.1. The molecule has 0 bridgehead atoms. The highest BCUT2D eigenvalue weighted by Gasteiger charge is 2.35. The van der Waals surface area contributed by atoms with Crippen LogP contribution >= 0.6 is 0 Å². The Labute approximate surface area is 207 Å². The summed E-state index contributed by atoms with van der Waals surface area (Å²) >= 11 is 0. The number of anilines is 2. The number of aromatic nitrogens is 4. The van der Waals surface area contributed by atoms with Crippen LogP contribution in [0.2, 0.25) is 0 Å². The second-order valence-electron chi connectivity index (χ2n) is 8.59. The van der Waals surface area contributed by atoms with Gasteiger partial charge in [-0.2, -0.15) is 26.3 Å². The van der Waals surface area contributed by atoms with Gasteiger partial charge in [-0.25, -0.2) is 15.0 Å². The van der Waals surface area contributed by atoms with Crippen molar-refractivity contribution in [1.82, 2.24) is 19.9 Å². The number of ether oxygens (including phenoxy) is 1. The van der Waals surface area contributed by atoms with E-state index in [0.717, 1.165) is 12.1 Å². The van der Waals surface area contributed by atoms with Crippen LogP contribution in [0.1, 0.15) is 30.7 Å². The lowest BCUT2D eigenvalue weighted by atomic mass is 10.1. The van der Waals surface area contributed by atoms with Crippen molar-refractivity contribution in [2.75, 3.05) is 11.9 Å². The van der Waals surface area contributed by atoms with Crippen LogP contribution in [-0.4, -0.2) is 26.5 Å². The number of halogens is 6. The molecule has 0 amide bonds. The Morgan fingerprint density at radius 3 is 2.35 bits per heavy atom. The molecule has 6 nitrogen and oxygen atoms in total. The molecule has 0 unspecified atom stereocenters. The fourth-order valence-corrected chi connectivity index (χ4v) is 3.48. The molecule has 37 heavy (non-hydrogen) atoms. The largest absolute Gasteiger partial charge is 0.418 e. The summed E-state index contributed by atoms with van der Waals surface area (Å²) in [5.74, 6) is 0.381. The Morgan fingerprint density at radius 2 is 1.70 bits per heavy atom. The highest BCUT2D eigenvalue weighted by Crippen LogP contribution is 2.36. The number of hydrogen-bond acceptors (Lipinski definition) is 6. The third-order valence-corrected chi connectivity index (χ3v) is 5.14. The van der Waals surface area contributed by atoms with E-state index < -0.39 is 23.5 Å². The molecule has 0 spiro atoms. The van der Waals surface area contributed by atoms with Gasteiger partial charge in [0.25, 0.3) is 0 Å². The molecule has 4 heterocycles. The van der Waals surface area contributed by atoms with Crippen molar-refractivity contribution in [3.63, 3.8) is 0 Å². The number of fused-ring (bicyclic) bond motifs is 1. The zero-order chi connectivity index (χ0) is 26.8. The normalized spacial score (nSPS) is 12.4. The van der Waals surface area contributed by atoms with Crippen LogP contribution in [0, 0.1) is 5.92 Å². The maximum Gasteiger partial charge on any atom is 0.418 e. The van der Waals surface area contributed by atoms with Gasteiger partial charge in [0.15, 0.2) is 5.65 Å². The maximum absolute atomic E-state index is 13.5. The number of nitrogens with one attached hydrogen (secondary N) is 1. The molecule has 0 aliphatic rings. The topological polar surface area (TPSA) is 72.8 Å². The molecule has 0 aromatic carbocycles. The van der Waals surface area contributed by atoms with Gasteiger partial charge in [0.1, 0.15) is 11.5 Å². The van der Waals surface area contributed by atoms with E-state index in [0.29, 0.717) is 29.6 Å². The summed E-state index contributed by atoms with van der Waals surface area (Å²) in [6, 6.07) is 8.70. The molecule has 0 saturated heterocycles. The molecule has 194 valence electrons. The minimum Gasteiger partial charge on any atom is -0.375 e. The molecule has 0 fully saturated rings. The fourth-order valence-electron chi connectivity index (χ4n) is 3.48. The van der Waals surface area contributed by atoms with Crippen LogP contribution in [0.5, 0.6) is 0 Å². The third kappa shape index (κ3) is 6.31. The molecular weight excluding hydrogens is 500 g/mol. The van der Waals surface area contributed by atoms with Gasteiger partial charge in [0, 0.05) is 24.4 Å². The molecule has 0 aliphatic heterocycles. The second-order valence-corrected chi connectivity index (χ2v) is 8.59. The molecule has 4 aromatic heterocycles. The SMILES string of the molecule is CC(C)COCc1cc(Nc2ccc(C(F)(F)F)cn2)c2ccc(-c3ncccc3C(F)(F)F)nc2n1. The van der Waals surface area contributed by atoms with Gasteiger partial charge in [-0.1, -0.05) is 13.8 Å². The van der Waals surface area contributed by atoms with E-state index in [9.17, 15) is 26.3 Å². The van der Waals surface area contributed by atoms with Crippen LogP contribution < -0.4 is 5.32 Å². The van der Waals surface area contributed by atoms with E-state index in [1.54, 1.807) is 6.07 Å². The molecular formula is C25H21F6N5O. The van der Waals surface area contributed by atoms with Crippen LogP contribution in [0.4, 0.5) is 37.8 Å². The highest BCUT2D eigenvalue weighted by atomic mass is 19.4. The van der Waals surface area contributed by atoms with Gasteiger partial charge in [-0.3, -0.25) is 4.98 Å². The van der Waals surface area contributed by atoms with Crippen molar-refractivity contribution in [1.29, 1.82) is 0 Å². The lowest BCUT2D eigenvalue weighted by molar-refractivity contribution is -0.138. The Kier molecular flexibility index (Phi) is 7.30. The lowest BCUT2D eigenvalue weighted by Gasteiger charge is -2.14. The van der Waals surface area contributed by atoms with E-state index in [-0.39, 0.29) is 35.4 Å². The minimum atomic E-state index is -4.64. The maximum atomic E-state index is 13.5. The predicted octanol–water partition coefficient (Wildman–Crippen LogP) is 7.04. The predicted molar refractivity (Wildman–Crippen MR) is 125 cm³/mol. The average Bonchev–Trinajstić information content (AvgIpc) is 2.83. The molecule has 0 atom stereocenters. The highest BCUT2D eigenvalue weighted by molar-refractivity contribution is 5.92. The quantitative estimate of drug-likeness (QED) is 0.263. The number of hydrogen-bond donors (Lipinski definition) is 1. The van der Waals surface area contributed by atoms with Crippen molar-refractivity contribution in [3.05, 3.63) is 71.7 Å². The fraction of sp³-hybridized carbons (Fsp3) is 0.280. The molecule has 0 aliphatic carbocycles. The second kappa shape index (κ2) is 10.3. The van der Waals surface area contributed by atoms with Crippen LogP contribution in [0.3, 0.4) is 0 Å². The monoisotopic (exact) mass is 521 g/mol. The van der Waals surface area contributed by atoms with Crippen molar-refractivity contribution >= 4 is 22.5 Å². The molecule has 4 aromatic rings. The summed E-state index contributed by atoms with van der Waals surface area (Å²) in [6.07, 6.45) is -7.23. The van der Waals surface area contributed by atoms with Gasteiger partial charge in [-0.15, -0.1) is 0 Å². The van der Waals surface area contributed by atoms with Crippen LogP contribution in [-0.2, 0) is 23.7 Å². The Morgan fingerprint density at radius 1 is 0.919 bits per heavy atom. The number of rotatable bonds is 7. The van der Waals surface area contributed by atoms with E-state index >= 15 is 0 Å². The van der Waals surface area contributed by atoms with Gasteiger partial charge < -0.3 is 10.1 Å². The summed E-state index contributed by atoms with van der Waals surface area (Å²) < 4.78 is 84.9. The van der Waals surface area contributed by atoms with Crippen molar-refractivity contribution < 1.29 is 31.1 Å². The summed E-state index contributed by atoms with van der Waals surface area (Å²) in [5, 5.41) is 3.37. The van der Waals surface area contributed by atoms with Crippen molar-refractivity contribution in [3.8, 4) is 11.4 Å². The first kappa shape index (κ1) is 26.3. The van der Waals surface area contributed by atoms with Crippen molar-refractivity contribution in [2.24, 2.45) is 5.92 Å². The van der Waals surface area contributed by atoms with E-state index in [1.165, 1.54) is 30.5 Å².